The lowest BCUT2D eigenvalue weighted by atomic mass is 10.0. The van der Waals surface area contributed by atoms with Crippen LogP contribution >= 0.6 is 0 Å². The second-order valence-electron chi connectivity index (χ2n) is 4.46. The summed E-state index contributed by atoms with van der Waals surface area (Å²) >= 11 is 0. The molecule has 0 radical (unpaired) electrons. The fourth-order valence-corrected chi connectivity index (χ4v) is 1.55. The van der Waals surface area contributed by atoms with Gasteiger partial charge < -0.3 is 15.8 Å². The maximum absolute atomic E-state index is 5.84. The second kappa shape index (κ2) is 4.53. The zero-order valence-corrected chi connectivity index (χ0v) is 9.92. The summed E-state index contributed by atoms with van der Waals surface area (Å²) in [5.41, 5.74) is 8.72. The van der Waals surface area contributed by atoms with E-state index in [0.29, 0.717) is 6.61 Å². The molecule has 0 atom stereocenters. The molecule has 3 nitrogen and oxygen atoms in total. The zero-order valence-electron chi connectivity index (χ0n) is 9.92. The number of methoxy groups -OCH3 is 1. The van der Waals surface area contributed by atoms with E-state index in [4.69, 9.17) is 10.5 Å². The topological polar surface area (TPSA) is 47.3 Å². The van der Waals surface area contributed by atoms with Crippen molar-refractivity contribution < 1.29 is 4.74 Å². The third kappa shape index (κ3) is 3.13. The quantitative estimate of drug-likeness (QED) is 0.747. The lowest BCUT2D eigenvalue weighted by Gasteiger charge is -2.27. The maximum atomic E-state index is 5.84. The van der Waals surface area contributed by atoms with E-state index in [9.17, 15) is 0 Å². The van der Waals surface area contributed by atoms with Crippen LogP contribution in [0.25, 0.3) is 0 Å². The van der Waals surface area contributed by atoms with E-state index in [1.54, 1.807) is 7.11 Å². The highest BCUT2D eigenvalue weighted by Crippen LogP contribution is 2.23. The molecule has 3 heteroatoms. The van der Waals surface area contributed by atoms with E-state index in [1.165, 1.54) is 0 Å². The minimum atomic E-state index is -0.0900. The highest BCUT2D eigenvalue weighted by atomic mass is 16.5. The van der Waals surface area contributed by atoms with Gasteiger partial charge in [-0.25, -0.2) is 0 Å². The Bertz CT molecular complexity index is 334. The number of nitrogen functional groups attached to an aromatic ring is 1. The van der Waals surface area contributed by atoms with E-state index < -0.39 is 0 Å². The van der Waals surface area contributed by atoms with E-state index in [2.05, 4.69) is 19.2 Å². The van der Waals surface area contributed by atoms with Gasteiger partial charge in [0.05, 0.1) is 12.1 Å². The molecule has 0 aromatic heterocycles. The van der Waals surface area contributed by atoms with Crippen LogP contribution in [0.4, 0.5) is 11.4 Å². The minimum Gasteiger partial charge on any atom is -0.398 e. The van der Waals surface area contributed by atoms with Gasteiger partial charge in [-0.1, -0.05) is 6.07 Å². The average molecular weight is 208 g/mol. The third-order valence-electron chi connectivity index (χ3n) is 2.35. The molecule has 0 saturated carbocycles. The summed E-state index contributed by atoms with van der Waals surface area (Å²) < 4.78 is 5.16. The normalized spacial score (nSPS) is 11.5. The van der Waals surface area contributed by atoms with Crippen LogP contribution in [0.1, 0.15) is 19.4 Å². The SMILES string of the molecule is COCC(C)(C)Nc1cccc(N)c1C. The highest BCUT2D eigenvalue weighted by molar-refractivity contribution is 5.63. The van der Waals surface area contributed by atoms with Crippen LogP contribution in [-0.4, -0.2) is 19.3 Å². The summed E-state index contributed by atoms with van der Waals surface area (Å²) in [6.07, 6.45) is 0. The molecule has 15 heavy (non-hydrogen) atoms. The molecule has 0 aliphatic rings. The molecule has 1 rings (SSSR count). The second-order valence-corrected chi connectivity index (χ2v) is 4.46. The van der Waals surface area contributed by atoms with Crippen LogP contribution < -0.4 is 11.1 Å². The van der Waals surface area contributed by atoms with Crippen molar-refractivity contribution in [1.29, 1.82) is 0 Å². The van der Waals surface area contributed by atoms with Crippen molar-refractivity contribution in [3.05, 3.63) is 23.8 Å². The molecule has 0 saturated heterocycles. The van der Waals surface area contributed by atoms with Gasteiger partial charge in [0, 0.05) is 18.5 Å². The smallest absolute Gasteiger partial charge is 0.0687 e. The summed E-state index contributed by atoms with van der Waals surface area (Å²) in [6.45, 7) is 6.86. The van der Waals surface area contributed by atoms with E-state index >= 15 is 0 Å². The summed E-state index contributed by atoms with van der Waals surface area (Å²) in [5.74, 6) is 0. The number of anilines is 2. The van der Waals surface area contributed by atoms with Gasteiger partial charge in [-0.2, -0.15) is 0 Å². The summed E-state index contributed by atoms with van der Waals surface area (Å²) in [6, 6.07) is 5.89. The van der Waals surface area contributed by atoms with E-state index in [1.807, 2.05) is 25.1 Å². The highest BCUT2D eigenvalue weighted by Gasteiger charge is 2.17. The predicted molar refractivity (Wildman–Crippen MR) is 65.2 cm³/mol. The first-order valence-corrected chi connectivity index (χ1v) is 5.08. The summed E-state index contributed by atoms with van der Waals surface area (Å²) in [5, 5.41) is 3.42. The van der Waals surface area contributed by atoms with Crippen LogP contribution in [0.5, 0.6) is 0 Å². The van der Waals surface area contributed by atoms with Crippen molar-refractivity contribution in [3.63, 3.8) is 0 Å². The van der Waals surface area contributed by atoms with Gasteiger partial charge >= 0.3 is 0 Å². The van der Waals surface area contributed by atoms with Crippen LogP contribution in [0.3, 0.4) is 0 Å². The first kappa shape index (κ1) is 11.9. The Morgan fingerprint density at radius 1 is 1.40 bits per heavy atom. The van der Waals surface area contributed by atoms with Crippen molar-refractivity contribution in [2.45, 2.75) is 26.3 Å². The maximum Gasteiger partial charge on any atom is 0.0687 e. The standard InChI is InChI=1S/C12H20N2O/c1-9-10(13)6-5-7-11(9)14-12(2,3)8-15-4/h5-7,14H,8,13H2,1-4H3. The average Bonchev–Trinajstić information content (AvgIpc) is 2.12. The lowest BCUT2D eigenvalue weighted by molar-refractivity contribution is 0.158. The van der Waals surface area contributed by atoms with E-state index in [-0.39, 0.29) is 5.54 Å². The molecular weight excluding hydrogens is 188 g/mol. The Balaban J connectivity index is 2.85. The molecule has 0 amide bonds. The molecular formula is C12H20N2O. The van der Waals surface area contributed by atoms with Crippen molar-refractivity contribution in [1.82, 2.24) is 0 Å². The summed E-state index contributed by atoms with van der Waals surface area (Å²) in [4.78, 5) is 0. The number of hydrogen-bond donors (Lipinski definition) is 2. The van der Waals surface area contributed by atoms with Crippen LogP contribution in [-0.2, 0) is 4.74 Å². The van der Waals surface area contributed by atoms with Gasteiger partial charge in [-0.3, -0.25) is 0 Å². The number of benzene rings is 1. The minimum absolute atomic E-state index is 0.0900. The Labute approximate surface area is 91.6 Å². The molecule has 1 aromatic carbocycles. The van der Waals surface area contributed by atoms with Gasteiger partial charge in [-0.15, -0.1) is 0 Å². The van der Waals surface area contributed by atoms with Crippen LogP contribution in [0.2, 0.25) is 0 Å². The molecule has 0 aliphatic heterocycles. The Hall–Kier alpha value is -1.22. The lowest BCUT2D eigenvalue weighted by Crippen LogP contribution is -2.36. The molecule has 0 bridgehead atoms. The molecule has 1 aromatic rings. The fraction of sp³-hybridized carbons (Fsp3) is 0.500. The number of nitrogens with one attached hydrogen (secondary N) is 1. The fourth-order valence-electron chi connectivity index (χ4n) is 1.55. The Morgan fingerprint density at radius 2 is 2.07 bits per heavy atom. The van der Waals surface area contributed by atoms with Crippen LogP contribution in [0.15, 0.2) is 18.2 Å². The molecule has 3 N–H and O–H groups in total. The number of hydrogen-bond acceptors (Lipinski definition) is 3. The molecule has 0 unspecified atom stereocenters. The predicted octanol–water partition coefficient (Wildman–Crippen LogP) is 2.41. The molecule has 84 valence electrons. The Kier molecular flexibility index (Phi) is 3.58. The monoisotopic (exact) mass is 208 g/mol. The van der Waals surface area contributed by atoms with Gasteiger partial charge in [-0.05, 0) is 38.5 Å². The van der Waals surface area contributed by atoms with E-state index in [0.717, 1.165) is 16.9 Å². The molecule has 0 spiro atoms. The van der Waals surface area contributed by atoms with Crippen molar-refractivity contribution in [2.75, 3.05) is 24.8 Å². The van der Waals surface area contributed by atoms with Crippen LogP contribution in [0, 0.1) is 6.92 Å². The molecule has 0 heterocycles. The van der Waals surface area contributed by atoms with Gasteiger partial charge in [0.1, 0.15) is 0 Å². The largest absolute Gasteiger partial charge is 0.398 e. The molecule has 0 fully saturated rings. The van der Waals surface area contributed by atoms with Crippen molar-refractivity contribution in [2.24, 2.45) is 0 Å². The first-order valence-electron chi connectivity index (χ1n) is 5.08. The zero-order chi connectivity index (χ0) is 11.5. The third-order valence-corrected chi connectivity index (χ3v) is 2.35. The first-order chi connectivity index (χ1) is 6.96. The number of rotatable bonds is 4. The Morgan fingerprint density at radius 3 is 2.67 bits per heavy atom. The van der Waals surface area contributed by atoms with Gasteiger partial charge in [0.2, 0.25) is 0 Å². The number of ether oxygens (including phenoxy) is 1. The molecule has 0 aliphatic carbocycles. The number of nitrogens with two attached hydrogens (primary N) is 1. The van der Waals surface area contributed by atoms with Crippen molar-refractivity contribution >= 4 is 11.4 Å². The van der Waals surface area contributed by atoms with Gasteiger partial charge in [0.25, 0.3) is 0 Å². The van der Waals surface area contributed by atoms with Crippen molar-refractivity contribution in [3.8, 4) is 0 Å². The van der Waals surface area contributed by atoms with Gasteiger partial charge in [0.15, 0.2) is 0 Å². The summed E-state index contributed by atoms with van der Waals surface area (Å²) in [7, 11) is 1.70.